The molecular formula is C26H22BrN3O7. The molecule has 11 heteroatoms. The van der Waals surface area contributed by atoms with Crippen molar-refractivity contribution in [2.24, 2.45) is 5.10 Å². The molecule has 1 unspecified atom stereocenters. The molecule has 0 spiro atoms. The smallest absolute Gasteiger partial charge is 0.281 e. The molecule has 10 nitrogen and oxygen atoms in total. The fourth-order valence-electron chi connectivity index (χ4n) is 3.96. The van der Waals surface area contributed by atoms with Crippen molar-refractivity contribution in [3.05, 3.63) is 91.9 Å². The molecule has 0 saturated heterocycles. The molecule has 1 aliphatic rings. The van der Waals surface area contributed by atoms with Crippen molar-refractivity contribution in [2.45, 2.75) is 12.5 Å². The molecule has 0 aromatic heterocycles. The van der Waals surface area contributed by atoms with Gasteiger partial charge in [0.15, 0.2) is 24.4 Å². The van der Waals surface area contributed by atoms with Crippen LogP contribution >= 0.6 is 15.9 Å². The number of hydrogen-bond acceptors (Lipinski definition) is 8. The molecule has 1 atom stereocenters. The number of ether oxygens (including phenoxy) is 3. The van der Waals surface area contributed by atoms with E-state index in [2.05, 4.69) is 21.0 Å². The highest BCUT2D eigenvalue weighted by Crippen LogP contribution is 2.37. The normalized spacial score (nSPS) is 14.6. The van der Waals surface area contributed by atoms with E-state index < -0.39 is 16.9 Å². The Morgan fingerprint density at radius 1 is 1.08 bits per heavy atom. The molecule has 190 valence electrons. The zero-order valence-corrected chi connectivity index (χ0v) is 21.5. The number of non-ortho nitro benzene ring substituents is 1. The lowest BCUT2D eigenvalue weighted by atomic mass is 9.98. The number of hydrogen-bond donors (Lipinski definition) is 0. The van der Waals surface area contributed by atoms with Crippen LogP contribution in [0.3, 0.4) is 0 Å². The van der Waals surface area contributed by atoms with E-state index in [1.807, 2.05) is 6.07 Å². The number of hydrazone groups is 1. The summed E-state index contributed by atoms with van der Waals surface area (Å²) in [5, 5.41) is 16.9. The summed E-state index contributed by atoms with van der Waals surface area (Å²) < 4.78 is 17.1. The van der Waals surface area contributed by atoms with E-state index in [-0.39, 0.29) is 18.0 Å². The van der Waals surface area contributed by atoms with Crippen LogP contribution in [0.5, 0.6) is 17.2 Å². The van der Waals surface area contributed by atoms with Gasteiger partial charge in [-0.1, -0.05) is 22.0 Å². The van der Waals surface area contributed by atoms with Crippen LogP contribution in [0.15, 0.2) is 70.2 Å². The van der Waals surface area contributed by atoms with Crippen LogP contribution < -0.4 is 14.2 Å². The molecule has 0 N–H and O–H groups in total. The highest BCUT2D eigenvalue weighted by molar-refractivity contribution is 9.10. The van der Waals surface area contributed by atoms with Gasteiger partial charge < -0.3 is 14.2 Å². The molecule has 3 aromatic rings. The van der Waals surface area contributed by atoms with Crippen molar-refractivity contribution in [2.75, 3.05) is 20.8 Å². The summed E-state index contributed by atoms with van der Waals surface area (Å²) in [5.74, 6) is 0.876. The summed E-state index contributed by atoms with van der Waals surface area (Å²) in [6, 6.07) is 15.8. The van der Waals surface area contributed by atoms with Gasteiger partial charge in [-0.15, -0.1) is 0 Å². The quantitative estimate of drug-likeness (QED) is 0.204. The summed E-state index contributed by atoms with van der Waals surface area (Å²) >= 11 is 3.30. The largest absolute Gasteiger partial charge is 0.493 e. The van der Waals surface area contributed by atoms with E-state index in [1.54, 1.807) is 42.5 Å². The number of halogens is 1. The lowest BCUT2D eigenvalue weighted by Crippen LogP contribution is -2.31. The van der Waals surface area contributed by atoms with Crippen LogP contribution in [0.25, 0.3) is 0 Å². The highest BCUT2D eigenvalue weighted by Gasteiger charge is 2.34. The van der Waals surface area contributed by atoms with Gasteiger partial charge in [0.05, 0.1) is 36.5 Å². The predicted molar refractivity (Wildman–Crippen MR) is 138 cm³/mol. The molecule has 1 aliphatic heterocycles. The zero-order chi connectivity index (χ0) is 26.5. The van der Waals surface area contributed by atoms with E-state index in [1.165, 1.54) is 31.4 Å². The van der Waals surface area contributed by atoms with Crippen LogP contribution in [0.4, 0.5) is 5.69 Å². The van der Waals surface area contributed by atoms with Crippen molar-refractivity contribution in [1.82, 2.24) is 5.01 Å². The minimum atomic E-state index is -0.489. The molecule has 37 heavy (non-hydrogen) atoms. The first kappa shape index (κ1) is 25.8. The van der Waals surface area contributed by atoms with Gasteiger partial charge in [-0.2, -0.15) is 5.10 Å². The molecule has 0 bridgehead atoms. The Bertz CT molecular complexity index is 1380. The van der Waals surface area contributed by atoms with Crippen LogP contribution in [0.2, 0.25) is 0 Å². The van der Waals surface area contributed by atoms with Crippen molar-refractivity contribution >= 4 is 39.5 Å². The number of nitrogens with zero attached hydrogens (tertiary/aromatic N) is 3. The van der Waals surface area contributed by atoms with E-state index in [4.69, 9.17) is 14.2 Å². The van der Waals surface area contributed by atoms with Crippen LogP contribution in [-0.4, -0.2) is 48.7 Å². The Labute approximate surface area is 220 Å². The molecule has 0 aliphatic carbocycles. The number of methoxy groups -OCH3 is 2. The molecule has 1 heterocycles. The van der Waals surface area contributed by atoms with E-state index >= 15 is 0 Å². The van der Waals surface area contributed by atoms with Crippen molar-refractivity contribution < 1.29 is 28.7 Å². The van der Waals surface area contributed by atoms with Crippen LogP contribution in [-0.2, 0) is 4.79 Å². The van der Waals surface area contributed by atoms with Gasteiger partial charge in [0.2, 0.25) is 0 Å². The Balaban J connectivity index is 1.64. The van der Waals surface area contributed by atoms with Gasteiger partial charge in [-0.25, -0.2) is 5.01 Å². The van der Waals surface area contributed by atoms with Gasteiger partial charge in [0.25, 0.3) is 11.6 Å². The van der Waals surface area contributed by atoms with Gasteiger partial charge in [-0.3, -0.25) is 19.7 Å². The monoisotopic (exact) mass is 567 g/mol. The minimum Gasteiger partial charge on any atom is -0.493 e. The third-order valence-electron chi connectivity index (χ3n) is 5.82. The fourth-order valence-corrected chi connectivity index (χ4v) is 4.34. The third kappa shape index (κ3) is 5.61. The maximum atomic E-state index is 13.3. The SMILES string of the molecule is COc1ccc(C2CC(c3ccc([N+](=O)[O-])cc3)=NN2C(=O)COc2ccc(Br)cc2C=O)cc1OC. The summed E-state index contributed by atoms with van der Waals surface area (Å²) in [5.41, 5.74) is 2.25. The second kappa shape index (κ2) is 11.2. The number of carbonyl (C=O) groups is 2. The molecule has 1 amide bonds. The maximum absolute atomic E-state index is 13.3. The number of amides is 1. The first-order valence-electron chi connectivity index (χ1n) is 11.1. The summed E-state index contributed by atoms with van der Waals surface area (Å²) in [6.07, 6.45) is 1.01. The van der Waals surface area contributed by atoms with Crippen molar-refractivity contribution in [3.8, 4) is 17.2 Å². The highest BCUT2D eigenvalue weighted by atomic mass is 79.9. The summed E-state index contributed by atoms with van der Waals surface area (Å²) in [4.78, 5) is 35.3. The average molecular weight is 568 g/mol. The van der Waals surface area contributed by atoms with Gasteiger partial charge in [0.1, 0.15) is 5.75 Å². The Morgan fingerprint density at radius 3 is 2.43 bits per heavy atom. The van der Waals surface area contributed by atoms with Crippen LogP contribution in [0.1, 0.15) is 33.9 Å². The zero-order valence-electron chi connectivity index (χ0n) is 19.9. The molecule has 4 rings (SSSR count). The Hall–Kier alpha value is -4.25. The second-order valence-electron chi connectivity index (χ2n) is 8.01. The van der Waals surface area contributed by atoms with Gasteiger partial charge >= 0.3 is 0 Å². The van der Waals surface area contributed by atoms with Crippen LogP contribution in [0, 0.1) is 10.1 Å². The first-order chi connectivity index (χ1) is 17.8. The fraction of sp³-hybridized carbons (Fsp3) is 0.192. The topological polar surface area (TPSA) is 121 Å². The van der Waals surface area contributed by atoms with Gasteiger partial charge in [-0.05, 0) is 53.6 Å². The number of carbonyl (C=O) groups excluding carboxylic acids is 2. The summed E-state index contributed by atoms with van der Waals surface area (Å²) in [6.45, 7) is -0.358. The Kier molecular flexibility index (Phi) is 7.83. The molecular weight excluding hydrogens is 546 g/mol. The second-order valence-corrected chi connectivity index (χ2v) is 8.93. The number of nitro groups is 1. The maximum Gasteiger partial charge on any atom is 0.281 e. The predicted octanol–water partition coefficient (Wildman–Crippen LogP) is 4.94. The van der Waals surface area contributed by atoms with E-state index in [0.717, 1.165) is 5.56 Å². The van der Waals surface area contributed by atoms with Gasteiger partial charge in [0, 0.05) is 23.0 Å². The molecule has 0 saturated carbocycles. The third-order valence-corrected chi connectivity index (χ3v) is 6.31. The lowest BCUT2D eigenvalue weighted by molar-refractivity contribution is -0.384. The number of nitro benzene ring substituents is 1. The van der Waals surface area contributed by atoms with Crippen molar-refractivity contribution in [3.63, 3.8) is 0 Å². The lowest BCUT2D eigenvalue weighted by Gasteiger charge is -2.23. The number of rotatable bonds is 9. The first-order valence-corrected chi connectivity index (χ1v) is 11.9. The molecule has 3 aromatic carbocycles. The van der Waals surface area contributed by atoms with E-state index in [0.29, 0.717) is 45.5 Å². The number of benzene rings is 3. The molecule has 0 fully saturated rings. The number of aldehydes is 1. The molecule has 0 radical (unpaired) electrons. The van der Waals surface area contributed by atoms with E-state index in [9.17, 15) is 19.7 Å². The standard InChI is InChI=1S/C26H22BrN3O7/c1-35-24-9-5-17(12-25(24)36-2)22-13-21(16-3-7-20(8-4-16)30(33)34)28-29(22)26(32)15-37-23-10-6-19(27)11-18(23)14-31/h3-12,14,22H,13,15H2,1-2H3. The average Bonchev–Trinajstić information content (AvgIpc) is 3.37. The Morgan fingerprint density at radius 2 is 1.78 bits per heavy atom. The minimum absolute atomic E-state index is 0.0411. The summed E-state index contributed by atoms with van der Waals surface area (Å²) in [7, 11) is 3.06. The van der Waals surface area contributed by atoms with Crippen molar-refractivity contribution in [1.29, 1.82) is 0 Å².